The Morgan fingerprint density at radius 1 is 1.06 bits per heavy atom. The Bertz CT molecular complexity index is 1460. The highest BCUT2D eigenvalue weighted by atomic mass is 35.5. The number of benzene rings is 2. The summed E-state index contributed by atoms with van der Waals surface area (Å²) in [6, 6.07) is 11.2. The molecule has 0 radical (unpaired) electrons. The van der Waals surface area contributed by atoms with Crippen LogP contribution in [0.4, 0.5) is 27.7 Å². The number of hydrogen-bond acceptors (Lipinski definition) is 7. The maximum absolute atomic E-state index is 12.4. The van der Waals surface area contributed by atoms with Gasteiger partial charge < -0.3 is 25.6 Å². The van der Waals surface area contributed by atoms with Crippen molar-refractivity contribution in [3.8, 4) is 5.75 Å². The van der Waals surface area contributed by atoms with Crippen molar-refractivity contribution in [3.05, 3.63) is 65.0 Å². The molecule has 186 valence electrons. The molecule has 4 aromatic rings. The smallest absolute Gasteiger partial charge is 0.324 e. The van der Waals surface area contributed by atoms with Gasteiger partial charge >= 0.3 is 6.03 Å². The van der Waals surface area contributed by atoms with Gasteiger partial charge in [0.25, 0.3) is 5.91 Å². The molecular weight excluding hydrogens is 484 g/mol. The van der Waals surface area contributed by atoms with Crippen molar-refractivity contribution in [1.82, 2.24) is 10.1 Å². The number of carbonyl (C=O) groups excluding carboxylic acids is 2. The first-order valence-corrected chi connectivity index (χ1v) is 11.3. The number of carbonyl (C=O) groups is 2. The second kappa shape index (κ2) is 9.74. The van der Waals surface area contributed by atoms with Crippen LogP contribution in [0, 0.1) is 0 Å². The van der Waals surface area contributed by atoms with Gasteiger partial charge in [-0.2, -0.15) is 0 Å². The number of anilines is 4. The number of pyridine rings is 1. The summed E-state index contributed by atoms with van der Waals surface area (Å²) < 4.78 is 10.5. The molecule has 0 aliphatic rings. The Balaban J connectivity index is 1.51. The van der Waals surface area contributed by atoms with E-state index in [-0.39, 0.29) is 11.0 Å². The van der Waals surface area contributed by atoms with E-state index >= 15 is 0 Å². The maximum atomic E-state index is 12.4. The van der Waals surface area contributed by atoms with E-state index in [0.29, 0.717) is 50.3 Å². The number of ether oxygens (including phenoxy) is 1. The van der Waals surface area contributed by atoms with Gasteiger partial charge in [-0.15, -0.1) is 0 Å². The highest BCUT2D eigenvalue weighted by Gasteiger charge is 2.20. The van der Waals surface area contributed by atoms with Crippen LogP contribution in [0.3, 0.4) is 0 Å². The molecule has 0 atom stereocenters. The van der Waals surface area contributed by atoms with Crippen molar-refractivity contribution < 1.29 is 18.8 Å². The lowest BCUT2D eigenvalue weighted by Crippen LogP contribution is -2.19. The summed E-state index contributed by atoms with van der Waals surface area (Å²) in [6.07, 6.45) is 1.62. The van der Waals surface area contributed by atoms with E-state index in [4.69, 9.17) is 26.6 Å². The van der Waals surface area contributed by atoms with Crippen molar-refractivity contribution >= 4 is 57.3 Å². The summed E-state index contributed by atoms with van der Waals surface area (Å²) in [7, 11) is 1.46. The van der Waals surface area contributed by atoms with Crippen molar-refractivity contribution in [2.45, 2.75) is 26.2 Å². The number of halogens is 1. The minimum atomic E-state index is -0.615. The van der Waals surface area contributed by atoms with Gasteiger partial charge in [-0.25, -0.2) is 4.79 Å². The van der Waals surface area contributed by atoms with Gasteiger partial charge in [0.05, 0.1) is 28.9 Å². The van der Waals surface area contributed by atoms with Crippen LogP contribution in [0.25, 0.3) is 10.9 Å². The molecule has 36 heavy (non-hydrogen) atoms. The lowest BCUT2D eigenvalue weighted by Gasteiger charge is -2.14. The predicted octanol–water partition coefficient (Wildman–Crippen LogP) is 5.67. The third kappa shape index (κ3) is 5.33. The van der Waals surface area contributed by atoms with Crippen LogP contribution < -0.4 is 26.4 Å². The van der Waals surface area contributed by atoms with Gasteiger partial charge in [0.2, 0.25) is 0 Å². The number of urea groups is 1. The minimum Gasteiger partial charge on any atom is -0.496 e. The van der Waals surface area contributed by atoms with Crippen LogP contribution in [0.1, 0.15) is 36.9 Å². The first-order chi connectivity index (χ1) is 17.0. The molecule has 0 saturated carbocycles. The summed E-state index contributed by atoms with van der Waals surface area (Å²) in [6.45, 7) is 5.95. The first-order valence-electron chi connectivity index (χ1n) is 10.9. The number of hydrogen-bond donors (Lipinski definition) is 4. The van der Waals surface area contributed by atoms with Gasteiger partial charge in [-0.05, 0) is 30.3 Å². The number of nitrogens with zero attached hydrogens (tertiary/aromatic N) is 2. The average molecular weight is 509 g/mol. The van der Waals surface area contributed by atoms with Gasteiger partial charge in [-0.1, -0.05) is 37.5 Å². The van der Waals surface area contributed by atoms with Crippen LogP contribution in [0.15, 0.2) is 53.2 Å². The number of nitrogens with one attached hydrogen (secondary N) is 3. The number of aromatic nitrogens is 2. The topological polar surface area (TPSA) is 144 Å². The SMILES string of the molecule is COc1cc2nccc(Nc3ccc(NC(=O)Nc4cc(C(C)(C)C)on4)cc3Cl)c2cc1C(N)=O. The van der Waals surface area contributed by atoms with E-state index in [1.165, 1.54) is 7.11 Å². The highest BCUT2D eigenvalue weighted by molar-refractivity contribution is 6.33. The fraction of sp³-hybridized carbons (Fsp3) is 0.200. The quantitative estimate of drug-likeness (QED) is 0.262. The number of methoxy groups -OCH3 is 1. The second-order valence-corrected chi connectivity index (χ2v) is 9.42. The molecule has 4 rings (SSSR count). The van der Waals surface area contributed by atoms with Crippen LogP contribution in [0.2, 0.25) is 5.02 Å². The molecule has 2 aromatic carbocycles. The summed E-state index contributed by atoms with van der Waals surface area (Å²) in [5, 5.41) is 13.5. The summed E-state index contributed by atoms with van der Waals surface area (Å²) in [5.74, 6) is 0.682. The van der Waals surface area contributed by atoms with Crippen molar-refractivity contribution in [2.75, 3.05) is 23.1 Å². The number of primary amides is 1. The van der Waals surface area contributed by atoms with Gasteiger partial charge in [0.1, 0.15) is 11.5 Å². The molecule has 0 saturated heterocycles. The summed E-state index contributed by atoms with van der Waals surface area (Å²) >= 11 is 6.49. The predicted molar refractivity (Wildman–Crippen MR) is 139 cm³/mol. The molecule has 10 nitrogen and oxygen atoms in total. The molecule has 0 spiro atoms. The van der Waals surface area contributed by atoms with Gasteiger partial charge in [-0.3, -0.25) is 15.1 Å². The van der Waals surface area contributed by atoms with E-state index < -0.39 is 11.9 Å². The maximum Gasteiger partial charge on any atom is 0.324 e. The minimum absolute atomic E-state index is 0.229. The number of amides is 3. The van der Waals surface area contributed by atoms with Crippen LogP contribution in [-0.2, 0) is 5.41 Å². The monoisotopic (exact) mass is 508 g/mol. The van der Waals surface area contributed by atoms with E-state index in [1.54, 1.807) is 48.7 Å². The number of nitrogens with two attached hydrogens (primary N) is 1. The van der Waals surface area contributed by atoms with E-state index in [0.717, 1.165) is 0 Å². The largest absolute Gasteiger partial charge is 0.496 e. The zero-order valence-electron chi connectivity index (χ0n) is 20.1. The fourth-order valence-corrected chi connectivity index (χ4v) is 3.68. The summed E-state index contributed by atoms with van der Waals surface area (Å²) in [4.78, 5) is 28.6. The van der Waals surface area contributed by atoms with Crippen LogP contribution in [0.5, 0.6) is 5.75 Å². The standard InChI is InChI=1S/C25H25ClN6O4/c1-25(2,3)21-12-22(32-36-21)31-24(34)29-13-5-6-18(16(26)9-13)30-17-7-8-28-19-11-20(35-4)15(23(27)33)10-14(17)19/h5-12H,1-4H3,(H2,27,33)(H,28,30)(H2,29,31,32,34). The fourth-order valence-electron chi connectivity index (χ4n) is 3.45. The van der Waals surface area contributed by atoms with Crippen molar-refractivity contribution in [2.24, 2.45) is 5.73 Å². The molecule has 11 heteroatoms. The average Bonchev–Trinajstić information content (AvgIpc) is 3.29. The van der Waals surface area contributed by atoms with Crippen LogP contribution in [-0.4, -0.2) is 29.2 Å². The Morgan fingerprint density at radius 2 is 1.83 bits per heavy atom. The highest BCUT2D eigenvalue weighted by Crippen LogP contribution is 2.34. The lowest BCUT2D eigenvalue weighted by molar-refractivity contribution is 0.0997. The normalized spacial score (nSPS) is 11.2. The molecule has 5 N–H and O–H groups in total. The molecule has 2 heterocycles. The zero-order chi connectivity index (χ0) is 26.0. The summed E-state index contributed by atoms with van der Waals surface area (Å²) in [5.41, 5.74) is 7.83. The molecule has 0 aliphatic carbocycles. The Kier molecular flexibility index (Phi) is 6.71. The lowest BCUT2D eigenvalue weighted by atomic mass is 9.93. The van der Waals surface area contributed by atoms with E-state index in [9.17, 15) is 9.59 Å². The Hall–Kier alpha value is -4.31. The third-order valence-electron chi connectivity index (χ3n) is 5.32. The Labute approximate surface area is 212 Å². The molecule has 3 amide bonds. The molecule has 0 aliphatic heterocycles. The first kappa shape index (κ1) is 24.8. The number of fused-ring (bicyclic) bond motifs is 1. The van der Waals surface area contributed by atoms with E-state index in [1.807, 2.05) is 20.8 Å². The van der Waals surface area contributed by atoms with Crippen molar-refractivity contribution in [3.63, 3.8) is 0 Å². The third-order valence-corrected chi connectivity index (χ3v) is 5.63. The molecule has 0 fully saturated rings. The van der Waals surface area contributed by atoms with Gasteiger partial charge in [0.15, 0.2) is 5.82 Å². The van der Waals surface area contributed by atoms with Crippen LogP contribution >= 0.6 is 11.6 Å². The molecule has 2 aromatic heterocycles. The zero-order valence-corrected chi connectivity index (χ0v) is 20.9. The molecular formula is C25H25ClN6O4. The molecule has 0 unspecified atom stereocenters. The second-order valence-electron chi connectivity index (χ2n) is 9.02. The van der Waals surface area contributed by atoms with Crippen molar-refractivity contribution in [1.29, 1.82) is 0 Å². The van der Waals surface area contributed by atoms with Gasteiger partial charge in [0, 0.05) is 40.5 Å². The Morgan fingerprint density at radius 3 is 2.47 bits per heavy atom. The molecule has 0 bridgehead atoms. The van der Waals surface area contributed by atoms with E-state index in [2.05, 4.69) is 26.1 Å². The number of rotatable bonds is 6.